The van der Waals surface area contributed by atoms with Gasteiger partial charge in [-0.25, -0.2) is 0 Å². The molecule has 0 bridgehead atoms. The molecule has 1 aromatic rings. The lowest BCUT2D eigenvalue weighted by Gasteiger charge is -2.12. The number of benzene rings is 1. The van der Waals surface area contributed by atoms with Crippen molar-refractivity contribution in [3.8, 4) is 5.75 Å². The highest BCUT2D eigenvalue weighted by Crippen LogP contribution is 2.25. The standard InChI is InChI=1S/C14H19N3O3/c1-3-19-12-7-5-11(6-8-12)13(16-17-15)9-10-14(18)20-4-2/h5-8,13H,3-4,9-10H2,1-2H3. The van der Waals surface area contributed by atoms with E-state index in [9.17, 15) is 4.79 Å². The van der Waals surface area contributed by atoms with Crippen molar-refractivity contribution in [3.63, 3.8) is 0 Å². The molecule has 0 heterocycles. The summed E-state index contributed by atoms with van der Waals surface area (Å²) in [5.41, 5.74) is 9.48. The van der Waals surface area contributed by atoms with Crippen molar-refractivity contribution in [2.75, 3.05) is 13.2 Å². The zero-order valence-electron chi connectivity index (χ0n) is 11.8. The second-order valence-electron chi connectivity index (χ2n) is 4.07. The number of azide groups is 1. The van der Waals surface area contributed by atoms with Crippen LogP contribution in [0.4, 0.5) is 0 Å². The van der Waals surface area contributed by atoms with Gasteiger partial charge in [0.1, 0.15) is 5.75 Å². The first-order valence-corrected chi connectivity index (χ1v) is 6.63. The van der Waals surface area contributed by atoms with Gasteiger partial charge >= 0.3 is 5.97 Å². The largest absolute Gasteiger partial charge is 0.494 e. The van der Waals surface area contributed by atoms with Gasteiger partial charge in [0.15, 0.2) is 0 Å². The highest BCUT2D eigenvalue weighted by Gasteiger charge is 2.12. The van der Waals surface area contributed by atoms with Gasteiger partial charge in [-0.3, -0.25) is 4.79 Å². The summed E-state index contributed by atoms with van der Waals surface area (Å²) in [4.78, 5) is 14.2. The normalized spacial score (nSPS) is 11.3. The molecule has 20 heavy (non-hydrogen) atoms. The summed E-state index contributed by atoms with van der Waals surface area (Å²) in [7, 11) is 0. The summed E-state index contributed by atoms with van der Waals surface area (Å²) >= 11 is 0. The number of esters is 1. The van der Waals surface area contributed by atoms with E-state index in [0.717, 1.165) is 11.3 Å². The Hall–Kier alpha value is -2.20. The molecule has 0 saturated carbocycles. The minimum Gasteiger partial charge on any atom is -0.494 e. The third kappa shape index (κ3) is 5.20. The van der Waals surface area contributed by atoms with Crippen molar-refractivity contribution in [2.24, 2.45) is 5.11 Å². The van der Waals surface area contributed by atoms with E-state index in [1.54, 1.807) is 6.92 Å². The van der Waals surface area contributed by atoms with Crippen molar-refractivity contribution in [2.45, 2.75) is 32.7 Å². The summed E-state index contributed by atoms with van der Waals surface area (Å²) in [5.74, 6) is 0.484. The first-order valence-electron chi connectivity index (χ1n) is 6.63. The van der Waals surface area contributed by atoms with Crippen molar-refractivity contribution in [1.29, 1.82) is 0 Å². The fourth-order valence-electron chi connectivity index (χ4n) is 1.79. The minimum atomic E-state index is -0.375. The SMILES string of the molecule is CCOC(=O)CCC(N=[N+]=[N-])c1ccc(OCC)cc1. The molecule has 1 atom stereocenters. The monoisotopic (exact) mass is 277 g/mol. The van der Waals surface area contributed by atoms with E-state index in [1.807, 2.05) is 31.2 Å². The van der Waals surface area contributed by atoms with Crippen LogP contribution < -0.4 is 4.74 Å². The lowest BCUT2D eigenvalue weighted by molar-refractivity contribution is -0.143. The van der Waals surface area contributed by atoms with Gasteiger partial charge in [0, 0.05) is 11.3 Å². The maximum absolute atomic E-state index is 11.3. The van der Waals surface area contributed by atoms with Crippen LogP contribution in [0.3, 0.4) is 0 Å². The van der Waals surface area contributed by atoms with E-state index in [2.05, 4.69) is 10.0 Å². The molecule has 6 nitrogen and oxygen atoms in total. The molecule has 6 heteroatoms. The molecule has 1 unspecified atom stereocenters. The Bertz CT molecular complexity index is 467. The van der Waals surface area contributed by atoms with Crippen LogP contribution in [0.2, 0.25) is 0 Å². The molecule has 0 fully saturated rings. The summed E-state index contributed by atoms with van der Waals surface area (Å²) in [6, 6.07) is 6.96. The summed E-state index contributed by atoms with van der Waals surface area (Å²) in [6.07, 6.45) is 0.654. The zero-order valence-corrected chi connectivity index (χ0v) is 11.8. The molecule has 0 aliphatic rings. The third-order valence-electron chi connectivity index (χ3n) is 2.69. The number of hydrogen-bond donors (Lipinski definition) is 0. The molecule has 0 radical (unpaired) electrons. The highest BCUT2D eigenvalue weighted by molar-refractivity contribution is 5.69. The fraction of sp³-hybridized carbons (Fsp3) is 0.500. The molecule has 0 spiro atoms. The van der Waals surface area contributed by atoms with Crippen LogP contribution in [0.1, 0.15) is 38.3 Å². The van der Waals surface area contributed by atoms with E-state index in [1.165, 1.54) is 0 Å². The highest BCUT2D eigenvalue weighted by atomic mass is 16.5. The van der Waals surface area contributed by atoms with Crippen LogP contribution in [0.25, 0.3) is 10.4 Å². The number of nitrogens with zero attached hydrogens (tertiary/aromatic N) is 3. The summed E-state index contributed by atoms with van der Waals surface area (Å²) < 4.78 is 10.2. The van der Waals surface area contributed by atoms with Crippen LogP contribution >= 0.6 is 0 Å². The predicted molar refractivity (Wildman–Crippen MR) is 75.4 cm³/mol. The third-order valence-corrected chi connectivity index (χ3v) is 2.69. The maximum Gasteiger partial charge on any atom is 0.305 e. The molecule has 1 rings (SSSR count). The van der Waals surface area contributed by atoms with Crippen LogP contribution in [-0.4, -0.2) is 19.2 Å². The average molecular weight is 277 g/mol. The molecule has 0 amide bonds. The Kier molecular flexibility index (Phi) is 7.00. The molecule has 0 aliphatic carbocycles. The van der Waals surface area contributed by atoms with Crippen LogP contribution in [0.5, 0.6) is 5.75 Å². The van der Waals surface area contributed by atoms with Gasteiger partial charge in [0.25, 0.3) is 0 Å². The molecule has 108 valence electrons. The minimum absolute atomic E-state index is 0.227. The Morgan fingerprint density at radius 2 is 2.00 bits per heavy atom. The first kappa shape index (κ1) is 15.9. The Labute approximate surface area is 118 Å². The second kappa shape index (κ2) is 8.82. The smallest absolute Gasteiger partial charge is 0.305 e. The predicted octanol–water partition coefficient (Wildman–Crippen LogP) is 3.78. The van der Waals surface area contributed by atoms with E-state index >= 15 is 0 Å². The van der Waals surface area contributed by atoms with Gasteiger partial charge in [0.2, 0.25) is 0 Å². The summed E-state index contributed by atoms with van der Waals surface area (Å²) in [6.45, 7) is 4.63. The number of carbonyl (C=O) groups is 1. The van der Waals surface area contributed by atoms with Gasteiger partial charge in [-0.1, -0.05) is 17.2 Å². The van der Waals surface area contributed by atoms with Crippen LogP contribution in [-0.2, 0) is 9.53 Å². The van der Waals surface area contributed by atoms with Crippen molar-refractivity contribution >= 4 is 5.97 Å². The topological polar surface area (TPSA) is 84.3 Å². The van der Waals surface area contributed by atoms with E-state index in [4.69, 9.17) is 15.0 Å². The van der Waals surface area contributed by atoms with Crippen molar-refractivity contribution < 1.29 is 14.3 Å². The Morgan fingerprint density at radius 1 is 1.30 bits per heavy atom. The first-order chi connectivity index (χ1) is 9.71. The molecular weight excluding hydrogens is 258 g/mol. The van der Waals surface area contributed by atoms with E-state index in [-0.39, 0.29) is 18.4 Å². The zero-order chi connectivity index (χ0) is 14.8. The van der Waals surface area contributed by atoms with E-state index in [0.29, 0.717) is 19.6 Å². The molecule has 0 aliphatic heterocycles. The van der Waals surface area contributed by atoms with E-state index < -0.39 is 0 Å². The Balaban J connectivity index is 2.69. The number of ether oxygens (including phenoxy) is 2. The molecular formula is C14H19N3O3. The quantitative estimate of drug-likeness (QED) is 0.313. The lowest BCUT2D eigenvalue weighted by Crippen LogP contribution is -2.06. The molecule has 0 N–H and O–H groups in total. The summed E-state index contributed by atoms with van der Waals surface area (Å²) in [5, 5.41) is 3.73. The van der Waals surface area contributed by atoms with Gasteiger partial charge in [-0.05, 0) is 43.5 Å². The van der Waals surface area contributed by atoms with Crippen molar-refractivity contribution in [3.05, 3.63) is 40.3 Å². The second-order valence-corrected chi connectivity index (χ2v) is 4.07. The number of hydrogen-bond acceptors (Lipinski definition) is 4. The number of rotatable bonds is 8. The maximum atomic E-state index is 11.3. The van der Waals surface area contributed by atoms with Crippen LogP contribution in [0.15, 0.2) is 29.4 Å². The molecule has 0 aromatic heterocycles. The molecule has 0 saturated heterocycles. The fourth-order valence-corrected chi connectivity index (χ4v) is 1.79. The van der Waals surface area contributed by atoms with Gasteiger partial charge in [-0.15, -0.1) is 0 Å². The van der Waals surface area contributed by atoms with Gasteiger partial charge < -0.3 is 9.47 Å². The average Bonchev–Trinajstić information content (AvgIpc) is 2.45. The van der Waals surface area contributed by atoms with Gasteiger partial charge in [-0.2, -0.15) is 0 Å². The molecule has 1 aromatic carbocycles. The van der Waals surface area contributed by atoms with Crippen molar-refractivity contribution in [1.82, 2.24) is 0 Å². The lowest BCUT2D eigenvalue weighted by atomic mass is 10.0. The Morgan fingerprint density at radius 3 is 2.55 bits per heavy atom. The van der Waals surface area contributed by atoms with Crippen LogP contribution in [0, 0.1) is 0 Å². The number of carbonyl (C=O) groups excluding carboxylic acids is 1. The van der Waals surface area contributed by atoms with Gasteiger partial charge in [0.05, 0.1) is 19.3 Å².